The van der Waals surface area contributed by atoms with E-state index in [1.54, 1.807) is 11.8 Å². The third kappa shape index (κ3) is 1.74. The Labute approximate surface area is 93.0 Å². The van der Waals surface area contributed by atoms with Gasteiger partial charge in [-0.05, 0) is 29.5 Å². The molecule has 0 aliphatic rings. The Bertz CT molecular complexity index is 480. The first-order chi connectivity index (χ1) is 7.74. The molecule has 2 rings (SSSR count). The number of tetrazole rings is 1. The molecule has 84 valence electrons. The molecule has 0 spiro atoms. The molecule has 0 saturated carbocycles. The van der Waals surface area contributed by atoms with E-state index in [9.17, 15) is 0 Å². The highest BCUT2D eigenvalue weighted by atomic mass is 16.5. The van der Waals surface area contributed by atoms with Crippen molar-refractivity contribution in [2.24, 2.45) is 5.73 Å². The molecule has 0 radical (unpaired) electrons. The number of hydrogen-bond donors (Lipinski definition) is 1. The van der Waals surface area contributed by atoms with Crippen LogP contribution in [-0.4, -0.2) is 27.3 Å². The largest absolute Gasteiger partial charge is 0.494 e. The molecule has 2 N–H and O–H groups in total. The van der Waals surface area contributed by atoms with Gasteiger partial charge >= 0.3 is 0 Å². The third-order valence-corrected chi connectivity index (χ3v) is 2.21. The van der Waals surface area contributed by atoms with Crippen molar-refractivity contribution in [1.82, 2.24) is 20.2 Å². The van der Waals surface area contributed by atoms with Gasteiger partial charge in [0.2, 0.25) is 0 Å². The Hall–Kier alpha value is -1.95. The molecule has 0 amide bonds. The zero-order valence-electron chi connectivity index (χ0n) is 9.16. The van der Waals surface area contributed by atoms with Gasteiger partial charge in [-0.25, -0.2) is 0 Å². The average molecular weight is 219 g/mol. The van der Waals surface area contributed by atoms with Crippen LogP contribution in [0.4, 0.5) is 0 Å². The first kappa shape index (κ1) is 10.6. The Balaban J connectivity index is 2.54. The maximum absolute atomic E-state index is 5.78. The number of ether oxygens (including phenoxy) is 1. The standard InChI is InChI=1S/C10H13N5O/c1-7(11)10-12-13-14-15(10)8-5-3-4-6-9(8)16-2/h3-7H,11H2,1-2H3. The van der Waals surface area contributed by atoms with E-state index in [0.717, 1.165) is 5.69 Å². The monoisotopic (exact) mass is 219 g/mol. The quantitative estimate of drug-likeness (QED) is 0.821. The number of aromatic nitrogens is 4. The van der Waals surface area contributed by atoms with Gasteiger partial charge in [0.25, 0.3) is 0 Å². The lowest BCUT2D eigenvalue weighted by Crippen LogP contribution is -2.13. The summed E-state index contributed by atoms with van der Waals surface area (Å²) in [5, 5.41) is 11.4. The summed E-state index contributed by atoms with van der Waals surface area (Å²) in [7, 11) is 1.61. The predicted molar refractivity (Wildman–Crippen MR) is 58.3 cm³/mol. The van der Waals surface area contributed by atoms with Gasteiger partial charge in [-0.15, -0.1) is 5.10 Å². The maximum Gasteiger partial charge on any atom is 0.173 e. The molecule has 1 atom stereocenters. The highest BCUT2D eigenvalue weighted by Gasteiger charge is 2.14. The van der Waals surface area contributed by atoms with Crippen LogP contribution in [0.15, 0.2) is 24.3 Å². The summed E-state index contributed by atoms with van der Waals surface area (Å²) in [6.45, 7) is 1.83. The summed E-state index contributed by atoms with van der Waals surface area (Å²) >= 11 is 0. The summed E-state index contributed by atoms with van der Waals surface area (Å²) in [6.07, 6.45) is 0. The summed E-state index contributed by atoms with van der Waals surface area (Å²) in [6, 6.07) is 7.27. The Morgan fingerprint density at radius 2 is 2.12 bits per heavy atom. The van der Waals surface area contributed by atoms with Gasteiger partial charge in [0.15, 0.2) is 5.82 Å². The molecular weight excluding hydrogens is 206 g/mol. The third-order valence-electron chi connectivity index (χ3n) is 2.21. The first-order valence-electron chi connectivity index (χ1n) is 4.91. The second-order valence-electron chi connectivity index (χ2n) is 3.41. The van der Waals surface area contributed by atoms with Crippen LogP contribution in [0.25, 0.3) is 5.69 Å². The molecule has 0 aliphatic carbocycles. The Kier molecular flexibility index (Phi) is 2.82. The van der Waals surface area contributed by atoms with Crippen molar-refractivity contribution >= 4 is 0 Å². The first-order valence-corrected chi connectivity index (χ1v) is 4.91. The average Bonchev–Trinajstić information content (AvgIpc) is 2.77. The molecule has 16 heavy (non-hydrogen) atoms. The van der Waals surface area contributed by atoms with E-state index in [-0.39, 0.29) is 6.04 Å². The number of hydrogen-bond acceptors (Lipinski definition) is 5. The lowest BCUT2D eigenvalue weighted by atomic mass is 10.2. The van der Waals surface area contributed by atoms with E-state index < -0.39 is 0 Å². The molecule has 0 bridgehead atoms. The van der Waals surface area contributed by atoms with Crippen molar-refractivity contribution < 1.29 is 4.74 Å². The minimum absolute atomic E-state index is 0.236. The molecule has 1 aromatic heterocycles. The van der Waals surface area contributed by atoms with Crippen molar-refractivity contribution in [1.29, 1.82) is 0 Å². The number of benzene rings is 1. The van der Waals surface area contributed by atoms with Gasteiger partial charge < -0.3 is 10.5 Å². The highest BCUT2D eigenvalue weighted by Crippen LogP contribution is 2.22. The molecule has 6 nitrogen and oxygen atoms in total. The van der Waals surface area contributed by atoms with Crippen molar-refractivity contribution in [2.45, 2.75) is 13.0 Å². The van der Waals surface area contributed by atoms with Gasteiger partial charge in [0.05, 0.1) is 13.2 Å². The summed E-state index contributed by atoms with van der Waals surface area (Å²) in [5.41, 5.74) is 6.56. The maximum atomic E-state index is 5.78. The minimum Gasteiger partial charge on any atom is -0.494 e. The molecule has 1 unspecified atom stereocenters. The van der Waals surface area contributed by atoms with Gasteiger partial charge in [0.1, 0.15) is 11.4 Å². The van der Waals surface area contributed by atoms with Gasteiger partial charge in [-0.2, -0.15) is 4.68 Å². The van der Waals surface area contributed by atoms with Crippen molar-refractivity contribution in [3.05, 3.63) is 30.1 Å². The molecule has 6 heteroatoms. The lowest BCUT2D eigenvalue weighted by molar-refractivity contribution is 0.410. The van der Waals surface area contributed by atoms with E-state index >= 15 is 0 Å². The van der Waals surface area contributed by atoms with E-state index in [4.69, 9.17) is 10.5 Å². The number of para-hydroxylation sites is 2. The van der Waals surface area contributed by atoms with Crippen LogP contribution >= 0.6 is 0 Å². The van der Waals surface area contributed by atoms with Gasteiger partial charge in [-0.3, -0.25) is 0 Å². The summed E-state index contributed by atoms with van der Waals surface area (Å²) < 4.78 is 6.83. The van der Waals surface area contributed by atoms with Crippen LogP contribution in [0, 0.1) is 0 Å². The van der Waals surface area contributed by atoms with E-state index in [1.165, 1.54) is 0 Å². The summed E-state index contributed by atoms with van der Waals surface area (Å²) in [5.74, 6) is 1.31. The van der Waals surface area contributed by atoms with Gasteiger partial charge in [0, 0.05) is 0 Å². The molecule has 2 aromatic rings. The Morgan fingerprint density at radius 1 is 1.38 bits per heavy atom. The second kappa shape index (κ2) is 4.28. The fourth-order valence-corrected chi connectivity index (χ4v) is 1.45. The fourth-order valence-electron chi connectivity index (χ4n) is 1.45. The van der Waals surface area contributed by atoms with Crippen molar-refractivity contribution in [2.75, 3.05) is 7.11 Å². The normalized spacial score (nSPS) is 12.4. The smallest absolute Gasteiger partial charge is 0.173 e. The van der Waals surface area contributed by atoms with Crippen LogP contribution in [0.3, 0.4) is 0 Å². The predicted octanol–water partition coefficient (Wildman–Crippen LogP) is 0.691. The summed E-state index contributed by atoms with van der Waals surface area (Å²) in [4.78, 5) is 0. The molecule has 1 aromatic carbocycles. The van der Waals surface area contributed by atoms with Crippen molar-refractivity contribution in [3.8, 4) is 11.4 Å². The number of methoxy groups -OCH3 is 1. The fraction of sp³-hybridized carbons (Fsp3) is 0.300. The van der Waals surface area contributed by atoms with Gasteiger partial charge in [-0.1, -0.05) is 12.1 Å². The number of nitrogens with zero attached hydrogens (tertiary/aromatic N) is 4. The van der Waals surface area contributed by atoms with Crippen molar-refractivity contribution in [3.63, 3.8) is 0 Å². The molecular formula is C10H13N5O. The van der Waals surface area contributed by atoms with E-state index in [2.05, 4.69) is 15.5 Å². The SMILES string of the molecule is COc1ccccc1-n1nnnc1C(C)N. The molecule has 1 heterocycles. The number of rotatable bonds is 3. The topological polar surface area (TPSA) is 78.8 Å². The lowest BCUT2D eigenvalue weighted by Gasteiger charge is -2.10. The van der Waals surface area contributed by atoms with Crippen LogP contribution < -0.4 is 10.5 Å². The van der Waals surface area contributed by atoms with Crippen LogP contribution in [0.1, 0.15) is 18.8 Å². The van der Waals surface area contributed by atoms with Crippen LogP contribution in [0.5, 0.6) is 5.75 Å². The van der Waals surface area contributed by atoms with Crippen LogP contribution in [0.2, 0.25) is 0 Å². The highest BCUT2D eigenvalue weighted by molar-refractivity contribution is 5.46. The van der Waals surface area contributed by atoms with E-state index in [0.29, 0.717) is 11.6 Å². The second-order valence-corrected chi connectivity index (χ2v) is 3.41. The zero-order valence-corrected chi connectivity index (χ0v) is 9.16. The molecule has 0 fully saturated rings. The van der Waals surface area contributed by atoms with E-state index in [1.807, 2.05) is 31.2 Å². The Morgan fingerprint density at radius 3 is 2.81 bits per heavy atom. The minimum atomic E-state index is -0.236. The van der Waals surface area contributed by atoms with Crippen LogP contribution in [-0.2, 0) is 0 Å². The number of nitrogens with two attached hydrogens (primary N) is 1. The molecule has 0 aliphatic heterocycles. The molecule has 0 saturated heterocycles. The zero-order chi connectivity index (χ0) is 11.5.